The average Bonchev–Trinajstić information content (AvgIpc) is 4.11. The van der Waals surface area contributed by atoms with Gasteiger partial charge < -0.3 is 29.7 Å². The molecular formula is C44H60FN5O9S. The molecule has 2 aliphatic carbocycles. The van der Waals surface area contributed by atoms with Gasteiger partial charge in [-0.15, -0.1) is 0 Å². The Morgan fingerprint density at radius 2 is 1.77 bits per heavy atom. The van der Waals surface area contributed by atoms with Crippen molar-refractivity contribution in [2.45, 2.75) is 114 Å². The number of halogens is 1. The largest absolute Gasteiger partial charge is 0.497 e. The second-order valence-corrected chi connectivity index (χ2v) is 19.7. The first-order valence-corrected chi connectivity index (χ1v) is 22.2. The van der Waals surface area contributed by atoms with Crippen LogP contribution in [0.3, 0.4) is 0 Å². The van der Waals surface area contributed by atoms with Gasteiger partial charge in [-0.3, -0.25) is 19.1 Å². The van der Waals surface area contributed by atoms with Crippen molar-refractivity contribution < 1.29 is 50.5 Å². The van der Waals surface area contributed by atoms with Crippen molar-refractivity contribution in [1.82, 2.24) is 25.2 Å². The lowest BCUT2D eigenvalue weighted by Crippen LogP contribution is -2.59. The van der Waals surface area contributed by atoms with Crippen LogP contribution in [0, 0.1) is 23.6 Å². The molecule has 7 atom stereocenters. The van der Waals surface area contributed by atoms with Crippen LogP contribution in [0.25, 0.3) is 22.0 Å². The number of methoxy groups -OCH3 is 1. The van der Waals surface area contributed by atoms with Crippen molar-refractivity contribution in [2.24, 2.45) is 17.8 Å². The van der Waals surface area contributed by atoms with Gasteiger partial charge >= 0.3 is 6.09 Å². The van der Waals surface area contributed by atoms with E-state index >= 15 is 0 Å². The molecule has 1 saturated heterocycles. The average molecular weight is 854 g/mol. The highest BCUT2D eigenvalue weighted by Gasteiger charge is 2.62. The molecule has 0 unspecified atom stereocenters. The summed E-state index contributed by atoms with van der Waals surface area (Å²) in [7, 11) is -2.39. The van der Waals surface area contributed by atoms with Gasteiger partial charge in [-0.05, 0) is 125 Å². The summed E-state index contributed by atoms with van der Waals surface area (Å²) in [5, 5.41) is 6.38. The van der Waals surface area contributed by atoms with Crippen LogP contribution in [0.15, 0.2) is 60.7 Å². The van der Waals surface area contributed by atoms with E-state index in [1.807, 2.05) is 31.2 Å². The predicted octanol–water partition coefficient (Wildman–Crippen LogP) is 6.52. The molecule has 3 aromatic rings. The maximum atomic E-state index is 14.9. The maximum Gasteiger partial charge on any atom is 0.408 e. The van der Waals surface area contributed by atoms with Crippen LogP contribution in [0.5, 0.6) is 11.6 Å². The Labute approximate surface area is 354 Å². The third-order valence-electron chi connectivity index (χ3n) is 11.7. The number of rotatable bonds is 8. The van der Waals surface area contributed by atoms with Crippen LogP contribution in [0.2, 0.25) is 0 Å². The molecule has 7 rings (SSSR count). The number of fused-ring (bicyclic) bond motifs is 3. The van der Waals surface area contributed by atoms with Gasteiger partial charge in [0.2, 0.25) is 27.7 Å². The van der Waals surface area contributed by atoms with Gasteiger partial charge in [0.1, 0.15) is 40.9 Å². The van der Waals surface area contributed by atoms with Crippen molar-refractivity contribution in [3.05, 3.63) is 66.5 Å². The summed E-state index contributed by atoms with van der Waals surface area (Å²) in [5.41, 5.74) is -1.30. The number of ether oxygens (including phenoxy) is 3. The highest BCUT2D eigenvalue weighted by atomic mass is 32.2. The zero-order valence-corrected chi connectivity index (χ0v) is 35.6. The first kappa shape index (κ1) is 42.9. The van der Waals surface area contributed by atoms with Crippen LogP contribution in [-0.4, -0.2) is 90.3 Å². The molecule has 1 aromatic heterocycles. The van der Waals surface area contributed by atoms with Gasteiger partial charge in [0.25, 0.3) is 5.91 Å². The number of sulfonamides is 1. The standard InChI is InChI=1S/C44H54FN5O9S.3H2/c1-25-9-7-8-10-29-23-44(29,41(53)49-60(55,56)33-16-17-33)48-38(51)36-22-32(24-50(36)40(52)37(26(2)19-25)47-42(54)59-43(3,4)5)58-39-34-18-15-31(57-6)20-28(34)21-35(46-39)27-11-13-30(45)14-12-27;;;/h8,10-15,18,20-21,25-26,29,32-33,36-37H,7,9,16-17,19,22-24H2,1-6H3,(H,47,54)(H,48,51)(H,49,53);3*1H/b10-8-;;;/t25-,26-,29-,32-,36+,37+,44-;;;/m1.../s1. The summed E-state index contributed by atoms with van der Waals surface area (Å²) in [4.78, 5) is 63.0. The molecule has 2 aromatic carbocycles. The van der Waals surface area contributed by atoms with E-state index in [2.05, 4.69) is 22.3 Å². The lowest BCUT2D eigenvalue weighted by atomic mass is 9.88. The second kappa shape index (κ2) is 16.7. The lowest BCUT2D eigenvalue weighted by Gasteiger charge is -2.33. The topological polar surface area (TPSA) is 182 Å². The van der Waals surface area contributed by atoms with Crippen molar-refractivity contribution in [1.29, 1.82) is 0 Å². The van der Waals surface area contributed by atoms with Crippen LogP contribution in [0.4, 0.5) is 9.18 Å². The summed E-state index contributed by atoms with van der Waals surface area (Å²) in [5.74, 6) is -2.38. The number of aromatic nitrogens is 1. The van der Waals surface area contributed by atoms with E-state index < -0.39 is 80.2 Å². The number of carbonyl (C=O) groups excluding carboxylic acids is 4. The molecule has 0 spiro atoms. The predicted molar refractivity (Wildman–Crippen MR) is 228 cm³/mol. The van der Waals surface area contributed by atoms with Crippen LogP contribution in [0.1, 0.15) is 83.8 Å². The molecule has 16 heteroatoms. The van der Waals surface area contributed by atoms with E-state index in [0.29, 0.717) is 53.5 Å². The van der Waals surface area contributed by atoms with Gasteiger partial charge in [-0.2, -0.15) is 0 Å². The minimum atomic E-state index is -3.94. The number of alkyl carbamates (subject to hydrolysis) is 1. The number of allylic oxidation sites excluding steroid dienone is 1. The van der Waals surface area contributed by atoms with Crippen molar-refractivity contribution in [3.63, 3.8) is 0 Å². The highest BCUT2D eigenvalue weighted by Crippen LogP contribution is 2.46. The Morgan fingerprint density at radius 1 is 1.03 bits per heavy atom. The molecule has 4 aliphatic rings. The van der Waals surface area contributed by atoms with Crippen molar-refractivity contribution in [2.75, 3.05) is 13.7 Å². The molecule has 3 heterocycles. The number of nitrogens with one attached hydrogen (secondary N) is 3. The number of carbonyl (C=O) groups is 4. The maximum absolute atomic E-state index is 14.9. The van der Waals surface area contributed by atoms with Crippen molar-refractivity contribution >= 4 is 44.6 Å². The van der Waals surface area contributed by atoms with Gasteiger partial charge in [0, 0.05) is 27.6 Å². The zero-order valence-electron chi connectivity index (χ0n) is 34.8. The van der Waals surface area contributed by atoms with E-state index in [4.69, 9.17) is 19.2 Å². The fraction of sp³-hybridized carbons (Fsp3) is 0.523. The summed E-state index contributed by atoms with van der Waals surface area (Å²) < 4.78 is 59.8. The van der Waals surface area contributed by atoms with Crippen LogP contribution < -0.4 is 24.8 Å². The normalized spacial score (nSPS) is 27.9. The van der Waals surface area contributed by atoms with Gasteiger partial charge in [-0.25, -0.2) is 22.6 Å². The van der Waals surface area contributed by atoms with E-state index in [1.54, 1.807) is 52.1 Å². The molecular weight excluding hydrogens is 794 g/mol. The van der Waals surface area contributed by atoms with Crippen LogP contribution in [-0.2, 0) is 29.1 Å². The fourth-order valence-electron chi connectivity index (χ4n) is 8.28. The van der Waals surface area contributed by atoms with Gasteiger partial charge in [-0.1, -0.05) is 26.0 Å². The third kappa shape index (κ3) is 9.53. The minimum absolute atomic E-state index is 0. The number of benzene rings is 2. The Balaban J connectivity index is 0.00000290. The van der Waals surface area contributed by atoms with E-state index in [0.717, 1.165) is 6.42 Å². The van der Waals surface area contributed by atoms with E-state index in [-0.39, 0.29) is 41.4 Å². The Kier molecular flexibility index (Phi) is 11.9. The molecule has 2 saturated carbocycles. The molecule has 0 radical (unpaired) electrons. The molecule has 60 heavy (non-hydrogen) atoms. The molecule has 4 amide bonds. The number of nitrogens with zero attached hydrogens (tertiary/aromatic N) is 2. The van der Waals surface area contributed by atoms with E-state index in [9.17, 15) is 32.0 Å². The quantitative estimate of drug-likeness (QED) is 0.211. The molecule has 0 bridgehead atoms. The zero-order chi connectivity index (χ0) is 43.1. The SMILES string of the molecule is COc1ccc2c(O[C@@H]3C[C@H]4C(=O)N[C@]5(C(=O)NS(=O)(=O)C6CC6)C[C@H]5/C=C\CC[C@@H](C)C[C@@H](C)[C@H](NC(=O)OC(C)(C)C)C(=O)N4C3)nc(-c3ccc(F)cc3)cc2c1.[HH].[HH].[HH]. The Bertz CT molecular complexity index is 2310. The van der Waals surface area contributed by atoms with Gasteiger partial charge in [0.05, 0.1) is 24.6 Å². The smallest absolute Gasteiger partial charge is 0.408 e. The van der Waals surface area contributed by atoms with Crippen LogP contribution >= 0.6 is 0 Å². The Morgan fingerprint density at radius 3 is 2.45 bits per heavy atom. The third-order valence-corrected chi connectivity index (χ3v) is 13.5. The number of pyridine rings is 1. The summed E-state index contributed by atoms with van der Waals surface area (Å²) in [6, 6.07) is 10.8. The highest BCUT2D eigenvalue weighted by molar-refractivity contribution is 7.91. The first-order chi connectivity index (χ1) is 28.4. The molecule has 328 valence electrons. The summed E-state index contributed by atoms with van der Waals surface area (Å²) >= 11 is 0. The second-order valence-electron chi connectivity index (χ2n) is 17.8. The molecule has 3 fully saturated rings. The lowest BCUT2D eigenvalue weighted by molar-refractivity contribution is -0.142. The minimum Gasteiger partial charge on any atom is -0.497 e. The summed E-state index contributed by atoms with van der Waals surface area (Å²) in [6.45, 7) is 9.01. The first-order valence-electron chi connectivity index (χ1n) is 20.6. The van der Waals surface area contributed by atoms with Crippen molar-refractivity contribution in [3.8, 4) is 22.9 Å². The number of hydrogen-bond acceptors (Lipinski definition) is 10. The summed E-state index contributed by atoms with van der Waals surface area (Å²) in [6.07, 6.45) is 5.22. The fourth-order valence-corrected chi connectivity index (χ4v) is 9.64. The molecule has 2 aliphatic heterocycles. The van der Waals surface area contributed by atoms with Gasteiger partial charge in [0.15, 0.2) is 0 Å². The molecule has 3 N–H and O–H groups in total. The molecule has 14 nitrogen and oxygen atoms in total. The van der Waals surface area contributed by atoms with E-state index in [1.165, 1.54) is 17.0 Å². The monoisotopic (exact) mass is 853 g/mol. The Hall–Kier alpha value is -5.25. The number of hydrogen-bond donors (Lipinski definition) is 3. The number of amides is 4.